The van der Waals surface area contributed by atoms with Crippen molar-refractivity contribution in [3.63, 3.8) is 0 Å². The molecule has 1 aromatic carbocycles. The quantitative estimate of drug-likeness (QED) is 0.931. The first-order chi connectivity index (χ1) is 8.63. The monoisotopic (exact) mass is 312 g/mol. The van der Waals surface area contributed by atoms with E-state index >= 15 is 0 Å². The Hall–Kier alpha value is -1.12. The molecular formula is C13H14BrFN2O. The molecule has 2 unspecified atom stereocenters. The van der Waals surface area contributed by atoms with Crippen molar-refractivity contribution in [2.45, 2.75) is 19.4 Å². The predicted octanol–water partition coefficient (Wildman–Crippen LogP) is 3.30. The number of benzene rings is 1. The fraction of sp³-hybridized carbons (Fsp3) is 0.462. The van der Waals surface area contributed by atoms with Crippen LogP contribution < -0.4 is 5.32 Å². The normalized spacial score (nSPS) is 20.4. The second-order valence-corrected chi connectivity index (χ2v) is 5.25. The van der Waals surface area contributed by atoms with Crippen LogP contribution in [0.2, 0.25) is 0 Å². The van der Waals surface area contributed by atoms with Crippen molar-refractivity contribution in [1.29, 1.82) is 5.26 Å². The van der Waals surface area contributed by atoms with E-state index in [1.807, 2.05) is 13.0 Å². The van der Waals surface area contributed by atoms with Gasteiger partial charge in [-0.1, -0.05) is 0 Å². The molecule has 18 heavy (non-hydrogen) atoms. The molecule has 1 saturated heterocycles. The smallest absolute Gasteiger partial charge is 0.161 e. The lowest BCUT2D eigenvalue weighted by Gasteiger charge is -2.21. The molecule has 0 radical (unpaired) electrons. The van der Waals surface area contributed by atoms with Gasteiger partial charge >= 0.3 is 0 Å². The molecule has 96 valence electrons. The third-order valence-corrected chi connectivity index (χ3v) is 4.03. The van der Waals surface area contributed by atoms with Gasteiger partial charge in [0.05, 0.1) is 22.3 Å². The summed E-state index contributed by atoms with van der Waals surface area (Å²) in [5.74, 6) is -0.0152. The minimum absolute atomic E-state index is 0.141. The van der Waals surface area contributed by atoms with Crippen molar-refractivity contribution in [1.82, 2.24) is 0 Å². The Labute approximate surface area is 114 Å². The summed E-state index contributed by atoms with van der Waals surface area (Å²) in [6.45, 7) is 3.51. The number of hydrogen-bond acceptors (Lipinski definition) is 3. The third-order valence-electron chi connectivity index (χ3n) is 3.26. The van der Waals surface area contributed by atoms with Crippen molar-refractivity contribution in [3.8, 4) is 6.07 Å². The van der Waals surface area contributed by atoms with Gasteiger partial charge in [0.25, 0.3) is 0 Å². The Bertz CT molecular complexity index is 481. The van der Waals surface area contributed by atoms with Crippen LogP contribution >= 0.6 is 15.9 Å². The maximum atomic E-state index is 14.0. The summed E-state index contributed by atoms with van der Waals surface area (Å²) in [5, 5.41) is 12.0. The first kappa shape index (κ1) is 13.3. The van der Waals surface area contributed by atoms with Crippen molar-refractivity contribution in [3.05, 3.63) is 28.0 Å². The first-order valence-electron chi connectivity index (χ1n) is 5.86. The van der Waals surface area contributed by atoms with Crippen LogP contribution in [0.4, 0.5) is 10.1 Å². The SMILES string of the molecule is CC(Nc1ccc(C#N)c(Br)c1F)C1CCOC1. The van der Waals surface area contributed by atoms with Crippen molar-refractivity contribution >= 4 is 21.6 Å². The number of nitriles is 1. The van der Waals surface area contributed by atoms with Crippen LogP contribution in [0.15, 0.2) is 16.6 Å². The van der Waals surface area contributed by atoms with Gasteiger partial charge < -0.3 is 10.1 Å². The van der Waals surface area contributed by atoms with Crippen LogP contribution in [0.3, 0.4) is 0 Å². The largest absolute Gasteiger partial charge is 0.381 e. The topological polar surface area (TPSA) is 45.0 Å². The Kier molecular flexibility index (Phi) is 4.20. The minimum atomic E-state index is -0.417. The van der Waals surface area contributed by atoms with E-state index in [-0.39, 0.29) is 10.5 Å². The maximum Gasteiger partial charge on any atom is 0.161 e. The standard InChI is InChI=1S/C13H14BrFN2O/c1-8(10-4-5-18-7-10)17-11-3-2-9(6-16)12(14)13(11)15/h2-3,8,10,17H,4-5,7H2,1H3. The molecule has 1 heterocycles. The average Bonchev–Trinajstić information content (AvgIpc) is 2.89. The molecule has 1 aromatic rings. The first-order valence-corrected chi connectivity index (χ1v) is 6.65. The molecule has 5 heteroatoms. The van der Waals surface area contributed by atoms with Gasteiger partial charge in [0.15, 0.2) is 5.82 Å². The van der Waals surface area contributed by atoms with Gasteiger partial charge in [0.2, 0.25) is 0 Å². The zero-order chi connectivity index (χ0) is 13.1. The zero-order valence-electron chi connectivity index (χ0n) is 10.0. The highest BCUT2D eigenvalue weighted by atomic mass is 79.9. The number of hydrogen-bond donors (Lipinski definition) is 1. The predicted molar refractivity (Wildman–Crippen MR) is 70.8 cm³/mol. The van der Waals surface area contributed by atoms with Crippen LogP contribution in [0.25, 0.3) is 0 Å². The number of ether oxygens (including phenoxy) is 1. The lowest BCUT2D eigenvalue weighted by atomic mass is 10.0. The molecule has 0 aliphatic carbocycles. The fourth-order valence-electron chi connectivity index (χ4n) is 2.06. The van der Waals surface area contributed by atoms with Crippen LogP contribution in [-0.2, 0) is 4.74 Å². The van der Waals surface area contributed by atoms with E-state index in [0.717, 1.165) is 13.0 Å². The molecule has 1 aliphatic heterocycles. The van der Waals surface area contributed by atoms with E-state index < -0.39 is 5.82 Å². The second kappa shape index (κ2) is 5.68. The summed E-state index contributed by atoms with van der Waals surface area (Å²) < 4.78 is 19.5. The Morgan fingerprint density at radius 1 is 1.61 bits per heavy atom. The Balaban J connectivity index is 2.14. The van der Waals surface area contributed by atoms with Crippen molar-refractivity contribution < 1.29 is 9.13 Å². The maximum absolute atomic E-state index is 14.0. The van der Waals surface area contributed by atoms with Crippen LogP contribution in [0.5, 0.6) is 0 Å². The Morgan fingerprint density at radius 2 is 2.39 bits per heavy atom. The number of nitrogens with zero attached hydrogens (tertiary/aromatic N) is 1. The third kappa shape index (κ3) is 2.65. The van der Waals surface area contributed by atoms with Crippen LogP contribution in [0.1, 0.15) is 18.9 Å². The number of anilines is 1. The molecule has 2 atom stereocenters. The average molecular weight is 313 g/mol. The number of rotatable bonds is 3. The summed E-state index contributed by atoms with van der Waals surface area (Å²) in [4.78, 5) is 0. The molecule has 1 N–H and O–H groups in total. The van der Waals surface area contributed by atoms with Crippen LogP contribution in [-0.4, -0.2) is 19.3 Å². The zero-order valence-corrected chi connectivity index (χ0v) is 11.6. The molecule has 0 saturated carbocycles. The fourth-order valence-corrected chi connectivity index (χ4v) is 2.49. The lowest BCUT2D eigenvalue weighted by molar-refractivity contribution is 0.183. The van der Waals surface area contributed by atoms with Gasteiger partial charge in [-0.15, -0.1) is 0 Å². The van der Waals surface area contributed by atoms with E-state index in [2.05, 4.69) is 21.2 Å². The number of halogens is 2. The highest BCUT2D eigenvalue weighted by Crippen LogP contribution is 2.28. The summed E-state index contributed by atoms with van der Waals surface area (Å²) >= 11 is 3.10. The van der Waals surface area contributed by atoms with E-state index in [4.69, 9.17) is 10.00 Å². The van der Waals surface area contributed by atoms with Gasteiger partial charge in [-0.3, -0.25) is 0 Å². The molecule has 2 rings (SSSR count). The lowest BCUT2D eigenvalue weighted by Crippen LogP contribution is -2.26. The highest BCUT2D eigenvalue weighted by Gasteiger charge is 2.23. The van der Waals surface area contributed by atoms with E-state index in [1.54, 1.807) is 12.1 Å². The molecule has 0 spiro atoms. The van der Waals surface area contributed by atoms with E-state index in [0.29, 0.717) is 23.8 Å². The minimum Gasteiger partial charge on any atom is -0.381 e. The van der Waals surface area contributed by atoms with E-state index in [9.17, 15) is 4.39 Å². The summed E-state index contributed by atoms with van der Waals surface area (Å²) in [7, 11) is 0. The summed E-state index contributed by atoms with van der Waals surface area (Å²) in [6.07, 6.45) is 0.993. The highest BCUT2D eigenvalue weighted by molar-refractivity contribution is 9.10. The number of nitrogens with one attached hydrogen (secondary N) is 1. The molecule has 1 fully saturated rings. The molecule has 1 aliphatic rings. The second-order valence-electron chi connectivity index (χ2n) is 4.46. The Morgan fingerprint density at radius 3 is 3.00 bits per heavy atom. The summed E-state index contributed by atoms with van der Waals surface area (Å²) in [5.41, 5.74) is 0.718. The molecule has 3 nitrogen and oxygen atoms in total. The van der Waals surface area contributed by atoms with Gasteiger partial charge in [-0.2, -0.15) is 5.26 Å². The van der Waals surface area contributed by atoms with Crippen LogP contribution in [0, 0.1) is 23.1 Å². The molecule has 0 aromatic heterocycles. The van der Waals surface area contributed by atoms with Crippen molar-refractivity contribution in [2.24, 2.45) is 5.92 Å². The van der Waals surface area contributed by atoms with Gasteiger partial charge in [-0.05, 0) is 41.4 Å². The van der Waals surface area contributed by atoms with Gasteiger partial charge in [-0.25, -0.2) is 4.39 Å². The van der Waals surface area contributed by atoms with Gasteiger partial charge in [0.1, 0.15) is 6.07 Å². The van der Waals surface area contributed by atoms with E-state index in [1.165, 1.54) is 0 Å². The van der Waals surface area contributed by atoms with Crippen molar-refractivity contribution in [2.75, 3.05) is 18.5 Å². The van der Waals surface area contributed by atoms with Gasteiger partial charge in [0, 0.05) is 18.6 Å². The summed E-state index contributed by atoms with van der Waals surface area (Å²) in [6, 6.07) is 5.28. The molecule has 0 bridgehead atoms. The molecular weight excluding hydrogens is 299 g/mol. The molecule has 0 amide bonds.